The van der Waals surface area contributed by atoms with Gasteiger partial charge in [0.05, 0.1) is 24.0 Å². The van der Waals surface area contributed by atoms with Crippen LogP contribution in [0.25, 0.3) is 21.9 Å². The first-order chi connectivity index (χ1) is 12.3. The number of hydrogen-bond donors (Lipinski definition) is 3. The van der Waals surface area contributed by atoms with Gasteiger partial charge in [-0.05, 0) is 25.0 Å². The third kappa shape index (κ3) is 3.12. The number of piperidine rings is 1. The van der Waals surface area contributed by atoms with Crippen molar-refractivity contribution in [1.82, 2.24) is 19.9 Å². The summed E-state index contributed by atoms with van der Waals surface area (Å²) in [5.41, 5.74) is 8.96. The Hall–Kier alpha value is -2.38. The SMILES string of the molecule is COCCN1CCC(Nc2c(N)ncc3[nH]c4ncccc4c23)CC1. The van der Waals surface area contributed by atoms with Gasteiger partial charge in [-0.1, -0.05) is 0 Å². The standard InChI is InChI=1S/C18H24N6O/c1-25-10-9-24-7-4-12(5-8-24)22-16-15-13-3-2-6-20-18(13)23-14(15)11-21-17(16)19/h2-3,6,11-12,22H,4-5,7-10H2,1H3,(H2,19,21)(H,20,23). The molecule has 0 atom stereocenters. The first-order valence-corrected chi connectivity index (χ1v) is 8.75. The van der Waals surface area contributed by atoms with Gasteiger partial charge in [-0.3, -0.25) is 0 Å². The monoisotopic (exact) mass is 340 g/mol. The van der Waals surface area contributed by atoms with Crippen LogP contribution in [0, 0.1) is 0 Å². The molecule has 0 bridgehead atoms. The Morgan fingerprint density at radius 3 is 3.00 bits per heavy atom. The largest absolute Gasteiger partial charge is 0.383 e. The van der Waals surface area contributed by atoms with Gasteiger partial charge < -0.3 is 25.7 Å². The number of fused-ring (bicyclic) bond motifs is 3. The van der Waals surface area contributed by atoms with Crippen LogP contribution in [0.3, 0.4) is 0 Å². The topological polar surface area (TPSA) is 92.1 Å². The lowest BCUT2D eigenvalue weighted by Crippen LogP contribution is -2.40. The molecule has 4 rings (SSSR count). The van der Waals surface area contributed by atoms with Gasteiger partial charge in [0.1, 0.15) is 11.5 Å². The fourth-order valence-electron chi connectivity index (χ4n) is 3.61. The third-order valence-corrected chi connectivity index (χ3v) is 4.99. The zero-order valence-corrected chi connectivity index (χ0v) is 14.5. The van der Waals surface area contributed by atoms with Crippen molar-refractivity contribution < 1.29 is 4.74 Å². The number of H-pyrrole nitrogens is 1. The lowest BCUT2D eigenvalue weighted by molar-refractivity contribution is 0.132. The molecule has 0 unspecified atom stereocenters. The number of likely N-dealkylation sites (tertiary alicyclic amines) is 1. The van der Waals surface area contributed by atoms with Crippen LogP contribution in [0.4, 0.5) is 11.5 Å². The molecule has 132 valence electrons. The highest BCUT2D eigenvalue weighted by Crippen LogP contribution is 2.34. The molecule has 7 heteroatoms. The van der Waals surface area contributed by atoms with Crippen molar-refractivity contribution in [3.63, 3.8) is 0 Å². The summed E-state index contributed by atoms with van der Waals surface area (Å²) in [5, 5.41) is 5.81. The number of pyridine rings is 2. The maximum absolute atomic E-state index is 6.21. The van der Waals surface area contributed by atoms with Crippen molar-refractivity contribution in [2.24, 2.45) is 0 Å². The molecule has 0 aromatic carbocycles. The Bertz CT molecular complexity index is 869. The van der Waals surface area contributed by atoms with E-state index in [0.717, 1.165) is 66.7 Å². The molecule has 1 fully saturated rings. The number of hydrogen-bond acceptors (Lipinski definition) is 6. The van der Waals surface area contributed by atoms with Crippen LogP contribution < -0.4 is 11.1 Å². The summed E-state index contributed by atoms with van der Waals surface area (Å²) in [6, 6.07) is 4.42. The summed E-state index contributed by atoms with van der Waals surface area (Å²) in [4.78, 5) is 14.5. The van der Waals surface area contributed by atoms with Gasteiger partial charge in [0.25, 0.3) is 0 Å². The van der Waals surface area contributed by atoms with Crippen LogP contribution in [0.5, 0.6) is 0 Å². The zero-order chi connectivity index (χ0) is 17.2. The molecule has 1 aliphatic heterocycles. The molecule has 0 aliphatic carbocycles. The average molecular weight is 340 g/mol. The Labute approximate surface area is 146 Å². The quantitative estimate of drug-likeness (QED) is 0.659. The molecule has 0 spiro atoms. The van der Waals surface area contributed by atoms with E-state index in [1.807, 2.05) is 6.07 Å². The predicted octanol–water partition coefficient (Wildman–Crippen LogP) is 2.22. The van der Waals surface area contributed by atoms with Crippen LogP contribution in [0.15, 0.2) is 24.5 Å². The van der Waals surface area contributed by atoms with E-state index in [-0.39, 0.29) is 0 Å². The van der Waals surface area contributed by atoms with Crippen molar-refractivity contribution >= 4 is 33.4 Å². The third-order valence-electron chi connectivity index (χ3n) is 4.99. The number of methoxy groups -OCH3 is 1. The van der Waals surface area contributed by atoms with Crippen LogP contribution in [-0.4, -0.2) is 59.2 Å². The Kier molecular flexibility index (Phi) is 4.42. The predicted molar refractivity (Wildman–Crippen MR) is 101 cm³/mol. The van der Waals surface area contributed by atoms with Crippen molar-refractivity contribution in [3.05, 3.63) is 24.5 Å². The molecule has 1 saturated heterocycles. The second kappa shape index (κ2) is 6.85. The van der Waals surface area contributed by atoms with E-state index in [1.165, 1.54) is 0 Å². The second-order valence-electron chi connectivity index (χ2n) is 6.58. The van der Waals surface area contributed by atoms with Gasteiger partial charge in [-0.15, -0.1) is 0 Å². The number of ether oxygens (including phenoxy) is 1. The molecule has 0 radical (unpaired) electrons. The summed E-state index contributed by atoms with van der Waals surface area (Å²) in [5.74, 6) is 0.541. The highest BCUT2D eigenvalue weighted by molar-refractivity contribution is 6.14. The number of aromatic nitrogens is 3. The van der Waals surface area contributed by atoms with Gasteiger partial charge >= 0.3 is 0 Å². The first-order valence-electron chi connectivity index (χ1n) is 8.75. The van der Waals surface area contributed by atoms with Crippen molar-refractivity contribution in [2.45, 2.75) is 18.9 Å². The van der Waals surface area contributed by atoms with E-state index < -0.39 is 0 Å². The number of aromatic amines is 1. The van der Waals surface area contributed by atoms with E-state index in [2.05, 4.69) is 31.2 Å². The summed E-state index contributed by atoms with van der Waals surface area (Å²) >= 11 is 0. The second-order valence-corrected chi connectivity index (χ2v) is 6.58. The molecule has 0 saturated carbocycles. The molecule has 3 aromatic rings. The van der Waals surface area contributed by atoms with Crippen molar-refractivity contribution in [1.29, 1.82) is 0 Å². The Morgan fingerprint density at radius 2 is 2.20 bits per heavy atom. The summed E-state index contributed by atoms with van der Waals surface area (Å²) in [6.07, 6.45) is 5.74. The first kappa shape index (κ1) is 16.1. The van der Waals surface area contributed by atoms with Crippen LogP contribution in [-0.2, 0) is 4.74 Å². The average Bonchev–Trinajstić information content (AvgIpc) is 3.02. The molecule has 7 nitrogen and oxygen atoms in total. The Morgan fingerprint density at radius 1 is 1.36 bits per heavy atom. The minimum absolute atomic E-state index is 0.398. The van der Waals surface area contributed by atoms with E-state index in [0.29, 0.717) is 11.9 Å². The van der Waals surface area contributed by atoms with E-state index in [1.54, 1.807) is 19.5 Å². The van der Waals surface area contributed by atoms with Gasteiger partial charge in [0.15, 0.2) is 0 Å². The van der Waals surface area contributed by atoms with Gasteiger partial charge in [0, 0.05) is 49.8 Å². The molecular formula is C18H24N6O. The lowest BCUT2D eigenvalue weighted by atomic mass is 10.0. The lowest BCUT2D eigenvalue weighted by Gasteiger charge is -2.32. The number of nitrogens with zero attached hydrogens (tertiary/aromatic N) is 3. The van der Waals surface area contributed by atoms with Crippen LogP contribution in [0.1, 0.15) is 12.8 Å². The molecular weight excluding hydrogens is 316 g/mol. The van der Waals surface area contributed by atoms with Gasteiger partial charge in [0.2, 0.25) is 0 Å². The van der Waals surface area contributed by atoms with Crippen LogP contribution in [0.2, 0.25) is 0 Å². The highest BCUT2D eigenvalue weighted by Gasteiger charge is 2.21. The fourth-order valence-corrected chi connectivity index (χ4v) is 3.61. The molecule has 4 N–H and O–H groups in total. The number of anilines is 2. The van der Waals surface area contributed by atoms with Crippen molar-refractivity contribution in [2.75, 3.05) is 44.4 Å². The minimum atomic E-state index is 0.398. The van der Waals surface area contributed by atoms with Crippen molar-refractivity contribution in [3.8, 4) is 0 Å². The molecule has 4 heterocycles. The van der Waals surface area contributed by atoms with Gasteiger partial charge in [-0.25, -0.2) is 9.97 Å². The minimum Gasteiger partial charge on any atom is -0.383 e. The van der Waals surface area contributed by atoms with Crippen LogP contribution >= 0.6 is 0 Å². The number of nitrogens with two attached hydrogens (primary N) is 1. The molecule has 0 amide bonds. The van der Waals surface area contributed by atoms with E-state index in [4.69, 9.17) is 10.5 Å². The van der Waals surface area contributed by atoms with Gasteiger partial charge in [-0.2, -0.15) is 0 Å². The zero-order valence-electron chi connectivity index (χ0n) is 14.5. The molecule has 25 heavy (non-hydrogen) atoms. The summed E-state index contributed by atoms with van der Waals surface area (Å²) in [7, 11) is 1.75. The summed E-state index contributed by atoms with van der Waals surface area (Å²) < 4.78 is 5.17. The highest BCUT2D eigenvalue weighted by atomic mass is 16.5. The summed E-state index contributed by atoms with van der Waals surface area (Å²) in [6.45, 7) is 3.92. The number of nitrogens with one attached hydrogen (secondary N) is 2. The Balaban J connectivity index is 1.58. The fraction of sp³-hybridized carbons (Fsp3) is 0.444. The molecule has 3 aromatic heterocycles. The smallest absolute Gasteiger partial charge is 0.147 e. The normalized spacial score (nSPS) is 16.7. The van der Waals surface area contributed by atoms with E-state index in [9.17, 15) is 0 Å². The molecule has 1 aliphatic rings. The van der Waals surface area contributed by atoms with E-state index >= 15 is 0 Å². The maximum atomic E-state index is 6.21. The number of rotatable bonds is 5. The number of nitrogen functional groups attached to an aromatic ring is 1. The maximum Gasteiger partial charge on any atom is 0.147 e.